The zero-order valence-electron chi connectivity index (χ0n) is 22.3. The number of methoxy groups -OCH3 is 1. The number of hydrogen-bond donors (Lipinski definition) is 1. The fraction of sp³-hybridized carbons (Fsp3) is 0.929. The summed E-state index contributed by atoms with van der Waals surface area (Å²) in [5.74, 6) is 8.10. The van der Waals surface area contributed by atoms with Gasteiger partial charge in [-0.1, -0.05) is 6.92 Å². The van der Waals surface area contributed by atoms with Gasteiger partial charge in [-0.25, -0.2) is 4.31 Å². The third kappa shape index (κ3) is 4.89. The molecular weight excluding hydrogens is 460 g/mol. The van der Waals surface area contributed by atoms with Gasteiger partial charge in [0.25, 0.3) is 0 Å². The number of rotatable bonds is 6. The van der Waals surface area contributed by atoms with Crippen molar-refractivity contribution < 1.29 is 18.8 Å². The molecule has 0 amide bonds. The normalized spacial score (nSPS) is 46.3. The maximum atomic E-state index is 13.6. The maximum Gasteiger partial charge on any atom is 0.150 e. The molecule has 200 valence electrons. The van der Waals surface area contributed by atoms with E-state index in [9.17, 15) is 14.1 Å². The lowest BCUT2D eigenvalue weighted by Gasteiger charge is -2.57. The maximum absolute atomic E-state index is 13.6. The Balaban J connectivity index is 1.21. The second kappa shape index (κ2) is 9.68. The SMILES string of the molecule is C=S(C)(=O)N1CCN(CC(=O)[C@H]2CC[C@H]3[C@@H]4CC[C@H]5C[C@@](O)(COC)CC[C@@H]5[C@H]4CC[C@]23C)CC1. The molecule has 0 aromatic heterocycles. The molecule has 1 unspecified atom stereocenters. The predicted octanol–water partition coefficient (Wildman–Crippen LogP) is 3.08. The van der Waals surface area contributed by atoms with Crippen molar-refractivity contribution in [2.75, 3.05) is 52.7 Å². The van der Waals surface area contributed by atoms with Gasteiger partial charge in [0.05, 0.1) is 18.8 Å². The van der Waals surface area contributed by atoms with Crippen molar-refractivity contribution in [1.29, 1.82) is 0 Å². The van der Waals surface area contributed by atoms with Crippen molar-refractivity contribution in [2.45, 2.75) is 70.3 Å². The summed E-state index contributed by atoms with van der Waals surface area (Å²) in [6, 6.07) is 0. The first kappa shape index (κ1) is 26.1. The van der Waals surface area contributed by atoms with Crippen LogP contribution < -0.4 is 0 Å². The van der Waals surface area contributed by atoms with Gasteiger partial charge in [0.2, 0.25) is 0 Å². The third-order valence-corrected chi connectivity index (χ3v) is 12.6. The Labute approximate surface area is 213 Å². The standard InChI is InChI=1S/C28H48N2O4S/c1-27-11-9-22-21-10-12-28(32,19-34-2)17-20(21)5-6-23(22)24(27)7-8-25(27)26(31)18-29-13-15-30(16-14-29)35(3,4)33/h20-25,32H,3,5-19H2,1-2,4H3/t20-,21-,22+,23+,24-,25+,27-,28+,35?/m0/s1. The molecule has 4 aliphatic carbocycles. The van der Waals surface area contributed by atoms with E-state index in [0.717, 1.165) is 69.6 Å². The van der Waals surface area contributed by atoms with E-state index in [4.69, 9.17) is 4.74 Å². The van der Waals surface area contributed by atoms with Gasteiger partial charge in [0.1, 0.15) is 5.78 Å². The van der Waals surface area contributed by atoms with Crippen LogP contribution in [0, 0.1) is 40.9 Å². The van der Waals surface area contributed by atoms with Gasteiger partial charge in [-0.15, -0.1) is 0 Å². The molecule has 0 radical (unpaired) electrons. The van der Waals surface area contributed by atoms with Crippen LogP contribution in [0.2, 0.25) is 0 Å². The Morgan fingerprint density at radius 2 is 1.74 bits per heavy atom. The van der Waals surface area contributed by atoms with Crippen LogP contribution in [0.3, 0.4) is 0 Å². The number of carbonyl (C=O) groups excluding carboxylic acids is 1. The molecule has 9 atom stereocenters. The van der Waals surface area contributed by atoms with Gasteiger partial charge in [-0.05, 0) is 98.7 Å². The van der Waals surface area contributed by atoms with Crippen LogP contribution in [0.5, 0.6) is 0 Å². The van der Waals surface area contributed by atoms with Gasteiger partial charge in [-0.2, -0.15) is 0 Å². The van der Waals surface area contributed by atoms with E-state index in [1.54, 1.807) is 13.4 Å². The molecule has 7 heteroatoms. The zero-order chi connectivity index (χ0) is 25.0. The Hall–Kier alpha value is -0.470. The number of ketones is 1. The molecule has 4 saturated carbocycles. The summed E-state index contributed by atoms with van der Waals surface area (Å²) in [5.41, 5.74) is -0.465. The van der Waals surface area contributed by atoms with Crippen molar-refractivity contribution in [3.63, 3.8) is 0 Å². The van der Waals surface area contributed by atoms with Crippen LogP contribution >= 0.6 is 0 Å². The first-order valence-corrected chi connectivity index (χ1v) is 16.2. The molecule has 6 nitrogen and oxygen atoms in total. The molecule has 5 rings (SSSR count). The molecule has 1 aliphatic heterocycles. The summed E-state index contributed by atoms with van der Waals surface area (Å²) in [6.07, 6.45) is 11.9. The van der Waals surface area contributed by atoms with Crippen LogP contribution in [0.15, 0.2) is 0 Å². The minimum atomic E-state index is -2.15. The average Bonchev–Trinajstić information content (AvgIpc) is 3.16. The van der Waals surface area contributed by atoms with Crippen molar-refractivity contribution in [2.24, 2.45) is 40.9 Å². The summed E-state index contributed by atoms with van der Waals surface area (Å²) >= 11 is 0. The molecule has 35 heavy (non-hydrogen) atoms. The fourth-order valence-electron chi connectivity index (χ4n) is 9.50. The van der Waals surface area contributed by atoms with Gasteiger partial charge < -0.3 is 9.84 Å². The molecule has 0 spiro atoms. The van der Waals surface area contributed by atoms with E-state index in [1.807, 2.05) is 4.31 Å². The lowest BCUT2D eigenvalue weighted by molar-refractivity contribution is -0.137. The van der Waals surface area contributed by atoms with Gasteiger partial charge >= 0.3 is 0 Å². The van der Waals surface area contributed by atoms with E-state index in [1.165, 1.54) is 32.1 Å². The lowest BCUT2D eigenvalue weighted by Crippen LogP contribution is -2.53. The molecule has 1 saturated heterocycles. The van der Waals surface area contributed by atoms with E-state index in [0.29, 0.717) is 30.8 Å². The summed E-state index contributed by atoms with van der Waals surface area (Å²) in [6.45, 7) is 6.56. The highest BCUT2D eigenvalue weighted by Crippen LogP contribution is 2.64. The van der Waals surface area contributed by atoms with E-state index >= 15 is 0 Å². The Bertz CT molecular complexity index is 901. The van der Waals surface area contributed by atoms with Crippen LogP contribution in [0.4, 0.5) is 0 Å². The Morgan fingerprint density at radius 3 is 2.43 bits per heavy atom. The monoisotopic (exact) mass is 508 g/mol. The van der Waals surface area contributed by atoms with Crippen LogP contribution in [0.25, 0.3) is 0 Å². The van der Waals surface area contributed by atoms with Crippen LogP contribution in [0.1, 0.15) is 64.7 Å². The Morgan fingerprint density at radius 1 is 1.03 bits per heavy atom. The zero-order valence-corrected chi connectivity index (χ0v) is 23.1. The summed E-state index contributed by atoms with van der Waals surface area (Å²) in [7, 11) is -0.446. The quantitative estimate of drug-likeness (QED) is 0.559. The first-order chi connectivity index (χ1) is 16.5. The average molecular weight is 509 g/mol. The summed E-state index contributed by atoms with van der Waals surface area (Å²) in [4.78, 5) is 15.9. The van der Waals surface area contributed by atoms with Crippen molar-refractivity contribution >= 4 is 21.4 Å². The first-order valence-electron chi connectivity index (χ1n) is 14.1. The minimum Gasteiger partial charge on any atom is -0.387 e. The third-order valence-electron chi connectivity index (χ3n) is 11.2. The highest BCUT2D eigenvalue weighted by Gasteiger charge is 2.59. The van der Waals surface area contributed by atoms with Gasteiger partial charge in [0.15, 0.2) is 0 Å². The second-order valence-corrected chi connectivity index (χ2v) is 15.6. The summed E-state index contributed by atoms with van der Waals surface area (Å²) in [5, 5.41) is 11.0. The van der Waals surface area contributed by atoms with E-state index in [-0.39, 0.29) is 11.3 Å². The van der Waals surface area contributed by atoms with Gasteiger partial charge in [0, 0.05) is 55.2 Å². The fourth-order valence-corrected chi connectivity index (χ4v) is 10.4. The van der Waals surface area contributed by atoms with Crippen LogP contribution in [-0.2, 0) is 19.2 Å². The number of fused-ring (bicyclic) bond motifs is 5. The van der Waals surface area contributed by atoms with E-state index < -0.39 is 15.3 Å². The minimum absolute atomic E-state index is 0.156. The van der Waals surface area contributed by atoms with Crippen LogP contribution in [-0.4, -0.2) is 88.5 Å². The molecule has 1 heterocycles. The topological polar surface area (TPSA) is 70.1 Å². The van der Waals surface area contributed by atoms with E-state index in [2.05, 4.69) is 17.7 Å². The number of nitrogens with zero attached hydrogens (tertiary/aromatic N) is 2. The lowest BCUT2D eigenvalue weighted by atomic mass is 9.49. The van der Waals surface area contributed by atoms with Crippen molar-refractivity contribution in [3.8, 4) is 0 Å². The van der Waals surface area contributed by atoms with Crippen molar-refractivity contribution in [3.05, 3.63) is 0 Å². The molecule has 5 aliphatic rings. The number of aliphatic hydroxyl groups is 1. The highest BCUT2D eigenvalue weighted by molar-refractivity contribution is 7.97. The van der Waals surface area contributed by atoms with Gasteiger partial charge in [-0.3, -0.25) is 13.9 Å². The number of Topliss-reactive ketones (excluding diaryl/α,β-unsaturated/α-hetero) is 1. The molecule has 5 fully saturated rings. The molecule has 1 N–H and O–H groups in total. The highest BCUT2D eigenvalue weighted by atomic mass is 32.2. The predicted molar refractivity (Wildman–Crippen MR) is 142 cm³/mol. The summed E-state index contributed by atoms with van der Waals surface area (Å²) < 4.78 is 19.6. The molecule has 0 aromatic rings. The smallest absolute Gasteiger partial charge is 0.150 e. The Kier molecular flexibility index (Phi) is 7.24. The number of carbonyl (C=O) groups is 1. The number of piperazine rings is 1. The second-order valence-electron chi connectivity index (χ2n) is 13.1. The number of hydrogen-bond acceptors (Lipinski definition) is 5. The number of ether oxygens (including phenoxy) is 1. The largest absolute Gasteiger partial charge is 0.387 e. The molecule has 0 aromatic carbocycles. The molecular formula is C28H48N2O4S. The van der Waals surface area contributed by atoms with Crippen molar-refractivity contribution in [1.82, 2.24) is 9.21 Å². The molecule has 0 bridgehead atoms.